The van der Waals surface area contributed by atoms with E-state index >= 15 is 0 Å². The van der Waals surface area contributed by atoms with Crippen LogP contribution in [0.2, 0.25) is 0 Å². The Morgan fingerprint density at radius 3 is 2.47 bits per heavy atom. The maximum absolute atomic E-state index is 13.7. The van der Waals surface area contributed by atoms with E-state index in [4.69, 9.17) is 9.63 Å². The van der Waals surface area contributed by atoms with Crippen molar-refractivity contribution >= 4 is 12.0 Å². The van der Waals surface area contributed by atoms with Gasteiger partial charge < -0.3 is 9.63 Å². The highest BCUT2D eigenvalue weighted by Gasteiger charge is 2.15. The Morgan fingerprint density at radius 1 is 1.06 bits per heavy atom. The molecule has 2 aromatic carbocycles. The minimum atomic E-state index is -1.45. The van der Waals surface area contributed by atoms with Crippen molar-refractivity contribution in [3.63, 3.8) is 0 Å². The number of benzene rings is 2. The molecular weight excluding hydrogens is 415 g/mol. The highest BCUT2D eigenvalue weighted by Crippen LogP contribution is 2.24. The lowest BCUT2D eigenvalue weighted by Gasteiger charge is -2.01. The van der Waals surface area contributed by atoms with Gasteiger partial charge in [-0.2, -0.15) is 4.98 Å². The van der Waals surface area contributed by atoms with Crippen LogP contribution in [0.5, 0.6) is 0 Å². The summed E-state index contributed by atoms with van der Waals surface area (Å²) < 4.78 is 18.8. The summed E-state index contributed by atoms with van der Waals surface area (Å²) in [6, 6.07) is 16.0. The first-order valence-corrected chi connectivity index (χ1v) is 9.60. The number of carbonyl (C=O) groups is 2. The molecule has 0 aliphatic heterocycles. The van der Waals surface area contributed by atoms with E-state index in [1.54, 1.807) is 29.6 Å². The van der Waals surface area contributed by atoms with Gasteiger partial charge in [0.05, 0.1) is 5.56 Å². The fraction of sp³-hybridized carbons (Fsp3) is 0.0870. The summed E-state index contributed by atoms with van der Waals surface area (Å²) in [5, 5.41) is 14.1. The van der Waals surface area contributed by atoms with Crippen molar-refractivity contribution in [2.75, 3.05) is 0 Å². The largest absolute Gasteiger partial charge is 0.465 e. The number of halogens is 1. The van der Waals surface area contributed by atoms with E-state index in [9.17, 15) is 14.0 Å². The van der Waals surface area contributed by atoms with Gasteiger partial charge in [0.2, 0.25) is 5.82 Å². The predicted octanol–water partition coefficient (Wildman–Crippen LogP) is 4.59. The van der Waals surface area contributed by atoms with Crippen molar-refractivity contribution in [3.05, 3.63) is 90.0 Å². The zero-order chi connectivity index (χ0) is 22.9. The molecule has 0 aliphatic rings. The van der Waals surface area contributed by atoms with Gasteiger partial charge in [0, 0.05) is 23.5 Å². The van der Waals surface area contributed by atoms with E-state index in [2.05, 4.69) is 22.0 Å². The van der Waals surface area contributed by atoms with Crippen LogP contribution in [0.1, 0.15) is 22.8 Å². The Kier molecular flexibility index (Phi) is 7.37. The maximum Gasteiger partial charge on any atom is 0.411 e. The van der Waals surface area contributed by atoms with E-state index in [1.165, 1.54) is 29.8 Å². The van der Waals surface area contributed by atoms with Crippen LogP contribution in [-0.2, 0) is 6.42 Å². The first kappa shape index (κ1) is 22.3. The molecule has 0 unspecified atom stereocenters. The van der Waals surface area contributed by atoms with Crippen molar-refractivity contribution in [3.8, 4) is 22.8 Å². The Balaban J connectivity index is 0.000000305. The molecule has 0 radical (unpaired) electrons. The van der Waals surface area contributed by atoms with Gasteiger partial charge in [0.15, 0.2) is 0 Å². The number of hydrogen-bond acceptors (Lipinski definition) is 6. The molecule has 0 bridgehead atoms. The lowest BCUT2D eigenvalue weighted by atomic mass is 10.1. The summed E-state index contributed by atoms with van der Waals surface area (Å²) in [5.74, 6) is -1.12. The zero-order valence-corrected chi connectivity index (χ0v) is 17.0. The minimum absolute atomic E-state index is 0.00323. The molecule has 2 amide bonds. The van der Waals surface area contributed by atoms with Crippen LogP contribution in [0.4, 0.5) is 9.18 Å². The van der Waals surface area contributed by atoms with Gasteiger partial charge in [-0.05, 0) is 48.4 Å². The topological polar surface area (TPSA) is 118 Å². The molecule has 8 nitrogen and oxygen atoms in total. The summed E-state index contributed by atoms with van der Waals surface area (Å²) in [4.78, 5) is 30.2. The number of hydrogen-bond donors (Lipinski definition) is 2. The van der Waals surface area contributed by atoms with Crippen LogP contribution in [0, 0.1) is 5.82 Å². The lowest BCUT2D eigenvalue weighted by molar-refractivity contribution is 0.0948. The number of amides is 2. The number of carboxylic acid groups (broad SMARTS) is 1. The van der Waals surface area contributed by atoms with Crippen LogP contribution in [0.25, 0.3) is 22.8 Å². The molecule has 0 atom stereocenters. The number of pyridine rings is 1. The minimum Gasteiger partial charge on any atom is -0.465 e. The molecule has 4 rings (SSSR count). The average Bonchev–Trinajstić information content (AvgIpc) is 3.30. The second-order valence-electron chi connectivity index (χ2n) is 6.45. The standard InChI is InChI=1S/C16H10FN3O4.C7H9N/c17-12-7-2-1-6-11(12)15-18-13(20-24-15)9-4-3-5-10(8-9)14(21)19-16(22)23;1-2-7-3-5-8-6-4-7/h1-8H,(H,19,21)(H,22,23);3-6H,2H2,1H3. The molecule has 0 saturated carbocycles. The maximum atomic E-state index is 13.7. The summed E-state index contributed by atoms with van der Waals surface area (Å²) in [7, 11) is 0. The average molecular weight is 434 g/mol. The van der Waals surface area contributed by atoms with Crippen LogP contribution < -0.4 is 5.32 Å². The molecule has 0 fully saturated rings. The van der Waals surface area contributed by atoms with Crippen molar-refractivity contribution in [2.24, 2.45) is 0 Å². The monoisotopic (exact) mass is 434 g/mol. The molecule has 0 spiro atoms. The third-order valence-electron chi connectivity index (χ3n) is 4.29. The predicted molar refractivity (Wildman–Crippen MR) is 114 cm³/mol. The summed E-state index contributed by atoms with van der Waals surface area (Å²) in [6.45, 7) is 2.13. The first-order chi connectivity index (χ1) is 15.5. The van der Waals surface area contributed by atoms with E-state index < -0.39 is 17.8 Å². The van der Waals surface area contributed by atoms with E-state index in [0.717, 1.165) is 6.42 Å². The molecule has 32 heavy (non-hydrogen) atoms. The van der Waals surface area contributed by atoms with Crippen molar-refractivity contribution in [2.45, 2.75) is 13.3 Å². The summed E-state index contributed by atoms with van der Waals surface area (Å²) >= 11 is 0. The van der Waals surface area contributed by atoms with E-state index in [-0.39, 0.29) is 22.8 Å². The Morgan fingerprint density at radius 2 is 1.81 bits per heavy atom. The summed E-state index contributed by atoms with van der Waals surface area (Å²) in [6.07, 6.45) is 3.28. The van der Waals surface area contributed by atoms with Crippen LogP contribution >= 0.6 is 0 Å². The molecule has 4 aromatic rings. The van der Waals surface area contributed by atoms with Crippen LogP contribution in [0.15, 0.2) is 77.6 Å². The van der Waals surface area contributed by atoms with Crippen molar-refractivity contribution in [1.29, 1.82) is 0 Å². The molecule has 9 heteroatoms. The van der Waals surface area contributed by atoms with Gasteiger partial charge >= 0.3 is 6.09 Å². The lowest BCUT2D eigenvalue weighted by Crippen LogP contribution is -2.28. The van der Waals surface area contributed by atoms with Gasteiger partial charge in [0.1, 0.15) is 5.82 Å². The van der Waals surface area contributed by atoms with Gasteiger partial charge in [-0.1, -0.05) is 36.3 Å². The third kappa shape index (κ3) is 5.82. The Labute approximate surface area is 182 Å². The number of nitrogens with zero attached hydrogens (tertiary/aromatic N) is 3. The highest BCUT2D eigenvalue weighted by atomic mass is 19.1. The molecule has 162 valence electrons. The Hall–Kier alpha value is -4.40. The van der Waals surface area contributed by atoms with E-state index in [1.807, 2.05) is 24.5 Å². The zero-order valence-electron chi connectivity index (χ0n) is 17.0. The number of carbonyl (C=O) groups excluding carboxylic acids is 1. The number of aromatic nitrogens is 3. The molecule has 0 aliphatic carbocycles. The SMILES string of the molecule is CCc1ccncc1.O=C(O)NC(=O)c1cccc(-c2noc(-c3ccccc3F)n2)c1. The second kappa shape index (κ2) is 10.6. The molecule has 2 N–H and O–H groups in total. The molecule has 0 saturated heterocycles. The van der Waals surface area contributed by atoms with Crippen LogP contribution in [-0.4, -0.2) is 32.2 Å². The Bertz CT molecular complexity index is 1210. The second-order valence-corrected chi connectivity index (χ2v) is 6.45. The molecule has 2 aromatic heterocycles. The van der Waals surface area contributed by atoms with Gasteiger partial charge in [-0.25, -0.2) is 9.18 Å². The van der Waals surface area contributed by atoms with Gasteiger partial charge in [0.25, 0.3) is 11.8 Å². The first-order valence-electron chi connectivity index (χ1n) is 9.60. The van der Waals surface area contributed by atoms with Gasteiger partial charge in [-0.3, -0.25) is 15.1 Å². The highest BCUT2D eigenvalue weighted by molar-refractivity contribution is 6.02. The number of imide groups is 1. The number of aryl methyl sites for hydroxylation is 1. The van der Waals surface area contributed by atoms with Gasteiger partial charge in [-0.15, -0.1) is 0 Å². The number of nitrogens with one attached hydrogen (secondary N) is 1. The van der Waals surface area contributed by atoms with Crippen LogP contribution in [0.3, 0.4) is 0 Å². The molecular formula is C23H19FN4O4. The van der Waals surface area contributed by atoms with Crippen molar-refractivity contribution in [1.82, 2.24) is 20.4 Å². The van der Waals surface area contributed by atoms with E-state index in [0.29, 0.717) is 5.56 Å². The number of rotatable bonds is 4. The third-order valence-corrected chi connectivity index (χ3v) is 4.29. The summed E-state index contributed by atoms with van der Waals surface area (Å²) in [5.41, 5.74) is 2.06. The molecule has 2 heterocycles. The fourth-order valence-corrected chi connectivity index (χ4v) is 2.67. The fourth-order valence-electron chi connectivity index (χ4n) is 2.67. The smallest absolute Gasteiger partial charge is 0.411 e. The van der Waals surface area contributed by atoms with Crippen molar-refractivity contribution < 1.29 is 23.6 Å². The normalized spacial score (nSPS) is 10.1. The quantitative estimate of drug-likeness (QED) is 0.482.